The van der Waals surface area contributed by atoms with Gasteiger partial charge in [-0.2, -0.15) is 5.10 Å². The molecule has 23 heavy (non-hydrogen) atoms. The Morgan fingerprint density at radius 3 is 2.61 bits per heavy atom. The Kier molecular flexibility index (Phi) is 5.91. The summed E-state index contributed by atoms with van der Waals surface area (Å²) in [4.78, 5) is 25.5. The number of nitrogens with zero attached hydrogens (tertiary/aromatic N) is 3. The molecule has 0 fully saturated rings. The van der Waals surface area contributed by atoms with Crippen molar-refractivity contribution >= 4 is 11.6 Å². The first-order valence-corrected chi connectivity index (χ1v) is 7.74. The third kappa shape index (κ3) is 4.67. The van der Waals surface area contributed by atoms with E-state index in [9.17, 15) is 9.59 Å². The Hall–Kier alpha value is -2.63. The first kappa shape index (κ1) is 16.7. The summed E-state index contributed by atoms with van der Waals surface area (Å²) in [5.41, 5.74) is 1.20. The molecule has 1 N–H and O–H groups in total. The molecule has 122 valence electrons. The Bertz CT molecular complexity index is 697. The summed E-state index contributed by atoms with van der Waals surface area (Å²) < 4.78 is 1.16. The van der Waals surface area contributed by atoms with Crippen LogP contribution < -0.4 is 15.8 Å². The molecular formula is C17H22N4O2. The van der Waals surface area contributed by atoms with Gasteiger partial charge in [0.15, 0.2) is 0 Å². The summed E-state index contributed by atoms with van der Waals surface area (Å²) >= 11 is 0. The number of hydrogen-bond donors (Lipinski definition) is 1. The van der Waals surface area contributed by atoms with Gasteiger partial charge in [-0.25, -0.2) is 4.68 Å². The molecular weight excluding hydrogens is 292 g/mol. The van der Waals surface area contributed by atoms with Gasteiger partial charge in [0.05, 0.1) is 0 Å². The standard InChI is InChI=1S/C17H22N4O2/c1-3-21(14-8-5-4-6-9-14)13-7-12-18-17(23)15-10-11-16(22)20(2)19-15/h4-6,8-11H,3,7,12-13H2,1-2H3,(H,18,23). The molecule has 0 aliphatic heterocycles. The minimum Gasteiger partial charge on any atom is -0.372 e. The van der Waals surface area contributed by atoms with Crippen molar-refractivity contribution in [3.8, 4) is 0 Å². The number of anilines is 1. The molecule has 0 saturated heterocycles. The lowest BCUT2D eigenvalue weighted by molar-refractivity contribution is 0.0946. The van der Waals surface area contributed by atoms with Crippen molar-refractivity contribution in [1.82, 2.24) is 15.1 Å². The van der Waals surface area contributed by atoms with Gasteiger partial charge in [0.2, 0.25) is 0 Å². The lowest BCUT2D eigenvalue weighted by atomic mass is 10.2. The number of para-hydroxylation sites is 1. The fraction of sp³-hybridized carbons (Fsp3) is 0.353. The Morgan fingerprint density at radius 2 is 1.96 bits per heavy atom. The van der Waals surface area contributed by atoms with Crippen LogP contribution in [0.3, 0.4) is 0 Å². The van der Waals surface area contributed by atoms with E-state index in [4.69, 9.17) is 0 Å². The van der Waals surface area contributed by atoms with Gasteiger partial charge in [-0.1, -0.05) is 18.2 Å². The van der Waals surface area contributed by atoms with Crippen molar-refractivity contribution in [2.75, 3.05) is 24.5 Å². The van der Waals surface area contributed by atoms with Gasteiger partial charge >= 0.3 is 0 Å². The van der Waals surface area contributed by atoms with Crippen LogP contribution in [0.2, 0.25) is 0 Å². The summed E-state index contributed by atoms with van der Waals surface area (Å²) in [5, 5.41) is 6.77. The molecule has 0 aliphatic rings. The average Bonchev–Trinajstić information content (AvgIpc) is 2.58. The van der Waals surface area contributed by atoms with Gasteiger partial charge < -0.3 is 10.2 Å². The molecule has 0 saturated carbocycles. The summed E-state index contributed by atoms with van der Waals surface area (Å²) in [5.74, 6) is -0.261. The summed E-state index contributed by atoms with van der Waals surface area (Å²) in [6.45, 7) is 4.45. The lowest BCUT2D eigenvalue weighted by Gasteiger charge is -2.23. The Balaban J connectivity index is 1.81. The molecule has 1 aromatic carbocycles. The molecule has 0 bridgehead atoms. The van der Waals surface area contributed by atoms with Crippen LogP contribution in [-0.4, -0.2) is 35.3 Å². The van der Waals surface area contributed by atoms with Gasteiger partial charge in [-0.3, -0.25) is 9.59 Å². The molecule has 1 heterocycles. The van der Waals surface area contributed by atoms with Gasteiger partial charge in [0.1, 0.15) is 5.69 Å². The SMILES string of the molecule is CCN(CCCNC(=O)c1ccc(=O)n(C)n1)c1ccccc1. The molecule has 0 radical (unpaired) electrons. The van der Waals surface area contributed by atoms with E-state index in [-0.39, 0.29) is 17.2 Å². The summed E-state index contributed by atoms with van der Waals surface area (Å²) in [6, 6.07) is 13.0. The second kappa shape index (κ2) is 8.12. The third-order valence-electron chi connectivity index (χ3n) is 3.59. The lowest BCUT2D eigenvalue weighted by Crippen LogP contribution is -2.31. The van der Waals surface area contributed by atoms with Crippen LogP contribution in [0.25, 0.3) is 0 Å². The predicted molar refractivity (Wildman–Crippen MR) is 90.8 cm³/mol. The maximum absolute atomic E-state index is 12.0. The molecule has 0 atom stereocenters. The highest BCUT2D eigenvalue weighted by molar-refractivity contribution is 5.91. The molecule has 6 heteroatoms. The van der Waals surface area contributed by atoms with E-state index in [0.29, 0.717) is 6.54 Å². The molecule has 0 unspecified atom stereocenters. The zero-order valence-corrected chi connectivity index (χ0v) is 13.5. The highest BCUT2D eigenvalue weighted by atomic mass is 16.2. The highest BCUT2D eigenvalue weighted by Crippen LogP contribution is 2.12. The molecule has 0 spiro atoms. The van der Waals surface area contributed by atoms with Crippen LogP contribution in [0.15, 0.2) is 47.3 Å². The van der Waals surface area contributed by atoms with E-state index in [2.05, 4.69) is 34.4 Å². The van der Waals surface area contributed by atoms with E-state index < -0.39 is 0 Å². The van der Waals surface area contributed by atoms with Gasteiger partial charge in [0, 0.05) is 38.4 Å². The number of amides is 1. The molecule has 1 aromatic heterocycles. The smallest absolute Gasteiger partial charge is 0.271 e. The largest absolute Gasteiger partial charge is 0.372 e. The number of carbonyl (C=O) groups excluding carboxylic acids is 1. The second-order valence-corrected chi connectivity index (χ2v) is 5.21. The Morgan fingerprint density at radius 1 is 1.22 bits per heavy atom. The highest BCUT2D eigenvalue weighted by Gasteiger charge is 2.08. The van der Waals surface area contributed by atoms with Gasteiger partial charge in [-0.05, 0) is 31.5 Å². The minimum absolute atomic E-state index is 0.233. The van der Waals surface area contributed by atoms with Crippen molar-refractivity contribution in [2.45, 2.75) is 13.3 Å². The third-order valence-corrected chi connectivity index (χ3v) is 3.59. The second-order valence-electron chi connectivity index (χ2n) is 5.21. The normalized spacial score (nSPS) is 10.3. The number of benzene rings is 1. The van der Waals surface area contributed by atoms with Gasteiger partial charge in [0.25, 0.3) is 11.5 Å². The number of rotatable bonds is 7. The van der Waals surface area contributed by atoms with Crippen molar-refractivity contribution in [1.29, 1.82) is 0 Å². The number of carbonyl (C=O) groups is 1. The zero-order valence-electron chi connectivity index (χ0n) is 13.5. The number of hydrogen-bond acceptors (Lipinski definition) is 4. The number of nitrogens with one attached hydrogen (secondary N) is 1. The van der Waals surface area contributed by atoms with Crippen LogP contribution in [0.5, 0.6) is 0 Å². The van der Waals surface area contributed by atoms with Crippen molar-refractivity contribution in [3.05, 3.63) is 58.5 Å². The summed E-state index contributed by atoms with van der Waals surface area (Å²) in [7, 11) is 1.53. The maximum Gasteiger partial charge on any atom is 0.271 e. The van der Waals surface area contributed by atoms with Crippen LogP contribution in [0.4, 0.5) is 5.69 Å². The number of aromatic nitrogens is 2. The monoisotopic (exact) mass is 314 g/mol. The van der Waals surface area contributed by atoms with E-state index in [0.717, 1.165) is 24.2 Å². The van der Waals surface area contributed by atoms with Gasteiger partial charge in [-0.15, -0.1) is 0 Å². The van der Waals surface area contributed by atoms with E-state index >= 15 is 0 Å². The summed E-state index contributed by atoms with van der Waals surface area (Å²) in [6.07, 6.45) is 0.834. The Labute approximate surface area is 135 Å². The zero-order chi connectivity index (χ0) is 16.7. The molecule has 0 aliphatic carbocycles. The number of aryl methyl sites for hydroxylation is 1. The molecule has 6 nitrogen and oxygen atoms in total. The minimum atomic E-state index is -0.261. The topological polar surface area (TPSA) is 67.2 Å². The molecule has 2 rings (SSSR count). The van der Waals surface area contributed by atoms with E-state index in [1.54, 1.807) is 0 Å². The molecule has 1 amide bonds. The first-order chi connectivity index (χ1) is 11.1. The van der Waals surface area contributed by atoms with Crippen LogP contribution >= 0.6 is 0 Å². The quantitative estimate of drug-likeness (QED) is 0.785. The van der Waals surface area contributed by atoms with E-state index in [1.165, 1.54) is 24.9 Å². The fourth-order valence-electron chi connectivity index (χ4n) is 2.29. The van der Waals surface area contributed by atoms with Crippen LogP contribution in [0.1, 0.15) is 23.8 Å². The maximum atomic E-state index is 12.0. The van der Waals surface area contributed by atoms with E-state index in [1.807, 2.05) is 18.2 Å². The first-order valence-electron chi connectivity index (χ1n) is 7.74. The molecule has 2 aromatic rings. The fourth-order valence-corrected chi connectivity index (χ4v) is 2.29. The van der Waals surface area contributed by atoms with Crippen molar-refractivity contribution < 1.29 is 4.79 Å². The van der Waals surface area contributed by atoms with Crippen LogP contribution in [0, 0.1) is 0 Å². The average molecular weight is 314 g/mol. The predicted octanol–water partition coefficient (Wildman–Crippen LogP) is 1.43. The van der Waals surface area contributed by atoms with Crippen LogP contribution in [-0.2, 0) is 7.05 Å². The van der Waals surface area contributed by atoms with Crippen molar-refractivity contribution in [3.63, 3.8) is 0 Å². The van der Waals surface area contributed by atoms with Crippen molar-refractivity contribution in [2.24, 2.45) is 7.05 Å².